The molecule has 1 aliphatic rings. The number of hydrogen-bond donors (Lipinski definition) is 0. The van der Waals surface area contributed by atoms with Gasteiger partial charge in [-0.25, -0.2) is 0 Å². The Morgan fingerprint density at radius 2 is 2.27 bits per heavy atom. The van der Waals surface area contributed by atoms with Crippen molar-refractivity contribution in [3.63, 3.8) is 0 Å². The summed E-state index contributed by atoms with van der Waals surface area (Å²) >= 11 is 3.25. The Labute approximate surface area is 138 Å². The van der Waals surface area contributed by atoms with E-state index < -0.39 is 0 Å². The van der Waals surface area contributed by atoms with Crippen molar-refractivity contribution in [2.45, 2.75) is 42.6 Å². The zero-order valence-electron chi connectivity index (χ0n) is 13.0. The summed E-state index contributed by atoms with van der Waals surface area (Å²) in [7, 11) is 3.57. The molecule has 0 saturated heterocycles. The molecule has 2 aromatic heterocycles. The second-order valence-electron chi connectivity index (χ2n) is 5.75. The van der Waals surface area contributed by atoms with Gasteiger partial charge in [0.2, 0.25) is 5.91 Å². The molecule has 118 valence electrons. The number of thioether (sulfide) groups is 1. The lowest BCUT2D eigenvalue weighted by Gasteiger charge is -2.16. The summed E-state index contributed by atoms with van der Waals surface area (Å²) in [4.78, 5) is 15.0. The van der Waals surface area contributed by atoms with Crippen LogP contribution in [0.1, 0.15) is 36.5 Å². The Balaban J connectivity index is 1.80. The van der Waals surface area contributed by atoms with E-state index in [0.717, 1.165) is 17.4 Å². The molecule has 3 rings (SSSR count). The first-order valence-corrected chi connectivity index (χ1v) is 9.16. The molecule has 0 bridgehead atoms. The van der Waals surface area contributed by atoms with Gasteiger partial charge in [0, 0.05) is 31.4 Å². The Morgan fingerprint density at radius 1 is 1.50 bits per heavy atom. The van der Waals surface area contributed by atoms with Gasteiger partial charge < -0.3 is 9.47 Å². The number of aromatic nitrogens is 3. The van der Waals surface area contributed by atoms with Gasteiger partial charge in [0.05, 0.1) is 5.25 Å². The number of hydrogen-bond acceptors (Lipinski definition) is 5. The second kappa shape index (κ2) is 6.42. The average Bonchev–Trinajstić information content (AvgIpc) is 3.04. The van der Waals surface area contributed by atoms with Crippen molar-refractivity contribution in [3.8, 4) is 0 Å². The zero-order valence-corrected chi connectivity index (χ0v) is 14.7. The zero-order chi connectivity index (χ0) is 15.7. The van der Waals surface area contributed by atoms with Crippen molar-refractivity contribution >= 4 is 29.0 Å². The summed E-state index contributed by atoms with van der Waals surface area (Å²) < 4.78 is 2.24. The molecule has 0 aliphatic heterocycles. The van der Waals surface area contributed by atoms with Crippen LogP contribution in [-0.4, -0.2) is 44.9 Å². The van der Waals surface area contributed by atoms with E-state index in [2.05, 4.69) is 32.3 Å². The molecule has 1 amide bonds. The van der Waals surface area contributed by atoms with E-state index in [0.29, 0.717) is 6.04 Å². The van der Waals surface area contributed by atoms with Crippen LogP contribution < -0.4 is 0 Å². The third-order valence-corrected chi connectivity index (χ3v) is 5.55. The SMILES string of the molecule is C[C@H](Sc1nnc(Cc2cccs2)n1C1CC1)C(=O)N(C)C. The molecule has 1 aliphatic carbocycles. The molecule has 0 spiro atoms. The van der Waals surface area contributed by atoms with Crippen molar-refractivity contribution in [3.05, 3.63) is 28.2 Å². The van der Waals surface area contributed by atoms with E-state index in [-0.39, 0.29) is 11.2 Å². The molecule has 0 N–H and O–H groups in total. The number of nitrogens with zero attached hydrogens (tertiary/aromatic N) is 4. The first kappa shape index (κ1) is 15.6. The minimum atomic E-state index is -0.147. The predicted octanol–water partition coefficient (Wildman–Crippen LogP) is 2.83. The highest BCUT2D eigenvalue weighted by molar-refractivity contribution is 8.00. The van der Waals surface area contributed by atoms with Gasteiger partial charge in [-0.1, -0.05) is 17.8 Å². The van der Waals surface area contributed by atoms with Gasteiger partial charge in [-0.15, -0.1) is 21.5 Å². The van der Waals surface area contributed by atoms with Gasteiger partial charge in [-0.2, -0.15) is 0 Å². The molecule has 1 fully saturated rings. The topological polar surface area (TPSA) is 51.0 Å². The fraction of sp³-hybridized carbons (Fsp3) is 0.533. The summed E-state index contributed by atoms with van der Waals surface area (Å²) in [6, 6.07) is 4.70. The average molecular weight is 336 g/mol. The van der Waals surface area contributed by atoms with Gasteiger partial charge >= 0.3 is 0 Å². The summed E-state index contributed by atoms with van der Waals surface area (Å²) in [5, 5.41) is 11.5. The van der Waals surface area contributed by atoms with Gasteiger partial charge in [-0.05, 0) is 31.2 Å². The molecule has 7 heteroatoms. The van der Waals surface area contributed by atoms with Crippen molar-refractivity contribution < 1.29 is 4.79 Å². The third-order valence-electron chi connectivity index (χ3n) is 3.63. The summed E-state index contributed by atoms with van der Waals surface area (Å²) in [5.41, 5.74) is 0. The molecule has 2 aromatic rings. The molecule has 5 nitrogen and oxygen atoms in total. The largest absolute Gasteiger partial charge is 0.348 e. The van der Waals surface area contributed by atoms with Crippen LogP contribution in [0.4, 0.5) is 0 Å². The van der Waals surface area contributed by atoms with E-state index >= 15 is 0 Å². The van der Waals surface area contributed by atoms with Crippen molar-refractivity contribution in [2.24, 2.45) is 0 Å². The van der Waals surface area contributed by atoms with Gasteiger partial charge in [0.15, 0.2) is 5.16 Å². The fourth-order valence-corrected chi connectivity index (χ4v) is 4.13. The summed E-state index contributed by atoms with van der Waals surface area (Å²) in [5.74, 6) is 1.12. The Morgan fingerprint density at radius 3 is 2.86 bits per heavy atom. The maximum atomic E-state index is 12.1. The Kier molecular flexibility index (Phi) is 4.54. The van der Waals surface area contributed by atoms with E-state index in [1.165, 1.54) is 29.5 Å². The van der Waals surface area contributed by atoms with Crippen LogP contribution in [0, 0.1) is 0 Å². The predicted molar refractivity (Wildman–Crippen MR) is 89.4 cm³/mol. The van der Waals surface area contributed by atoms with Crippen LogP contribution in [0.3, 0.4) is 0 Å². The summed E-state index contributed by atoms with van der Waals surface area (Å²) in [6.45, 7) is 1.93. The molecule has 2 heterocycles. The number of rotatable bonds is 6. The number of carbonyl (C=O) groups is 1. The smallest absolute Gasteiger partial charge is 0.235 e. The maximum absolute atomic E-state index is 12.1. The minimum Gasteiger partial charge on any atom is -0.348 e. The molecular formula is C15H20N4OS2. The third kappa shape index (κ3) is 3.35. The minimum absolute atomic E-state index is 0.107. The van der Waals surface area contributed by atoms with E-state index in [9.17, 15) is 4.79 Å². The molecule has 1 atom stereocenters. The van der Waals surface area contributed by atoms with Crippen LogP contribution in [-0.2, 0) is 11.2 Å². The van der Waals surface area contributed by atoms with E-state index in [1.807, 2.05) is 6.92 Å². The van der Waals surface area contributed by atoms with Crippen molar-refractivity contribution in [2.75, 3.05) is 14.1 Å². The van der Waals surface area contributed by atoms with E-state index in [1.54, 1.807) is 30.3 Å². The van der Waals surface area contributed by atoms with Gasteiger partial charge in [-0.3, -0.25) is 4.79 Å². The second-order valence-corrected chi connectivity index (χ2v) is 8.09. The van der Waals surface area contributed by atoms with Gasteiger partial charge in [0.1, 0.15) is 5.82 Å². The molecule has 0 aromatic carbocycles. The Hall–Kier alpha value is -1.34. The van der Waals surface area contributed by atoms with E-state index in [4.69, 9.17) is 0 Å². The number of amides is 1. The van der Waals surface area contributed by atoms with Crippen LogP contribution >= 0.6 is 23.1 Å². The fourth-order valence-electron chi connectivity index (χ4n) is 2.35. The molecule has 0 radical (unpaired) electrons. The van der Waals surface area contributed by atoms with Crippen LogP contribution in [0.25, 0.3) is 0 Å². The lowest BCUT2D eigenvalue weighted by atomic mass is 10.3. The van der Waals surface area contributed by atoms with Crippen LogP contribution in [0.2, 0.25) is 0 Å². The highest BCUT2D eigenvalue weighted by atomic mass is 32.2. The normalized spacial score (nSPS) is 15.8. The van der Waals surface area contributed by atoms with Crippen LogP contribution in [0.15, 0.2) is 22.7 Å². The van der Waals surface area contributed by atoms with Crippen LogP contribution in [0.5, 0.6) is 0 Å². The lowest BCUT2D eigenvalue weighted by Crippen LogP contribution is -2.29. The van der Waals surface area contributed by atoms with Crippen molar-refractivity contribution in [1.29, 1.82) is 0 Å². The Bertz CT molecular complexity index is 647. The molecule has 22 heavy (non-hydrogen) atoms. The number of carbonyl (C=O) groups excluding carboxylic acids is 1. The highest BCUT2D eigenvalue weighted by Crippen LogP contribution is 2.40. The first-order chi connectivity index (χ1) is 10.6. The monoisotopic (exact) mass is 336 g/mol. The molecular weight excluding hydrogens is 316 g/mol. The molecule has 0 unspecified atom stereocenters. The summed E-state index contributed by atoms with van der Waals surface area (Å²) in [6.07, 6.45) is 3.18. The number of thiophene rings is 1. The quantitative estimate of drug-likeness (QED) is 0.761. The van der Waals surface area contributed by atoms with Crippen molar-refractivity contribution in [1.82, 2.24) is 19.7 Å². The maximum Gasteiger partial charge on any atom is 0.235 e. The standard InChI is InChI=1S/C15H20N4OS2/c1-10(14(20)18(2)3)22-15-17-16-13(19(15)11-6-7-11)9-12-5-4-8-21-12/h4-5,8,10-11H,6-7,9H2,1-3H3/t10-/m0/s1. The van der Waals surface area contributed by atoms with Gasteiger partial charge in [0.25, 0.3) is 0 Å². The highest BCUT2D eigenvalue weighted by Gasteiger charge is 2.31. The molecule has 1 saturated carbocycles. The lowest BCUT2D eigenvalue weighted by molar-refractivity contribution is -0.127. The first-order valence-electron chi connectivity index (χ1n) is 7.40.